The highest BCUT2D eigenvalue weighted by atomic mass is 16.5. The Bertz CT molecular complexity index is 464. The molecular formula is C17H27NO2. The highest BCUT2D eigenvalue weighted by Gasteiger charge is 2.25. The highest BCUT2D eigenvalue weighted by molar-refractivity contribution is 5.71. The van der Waals surface area contributed by atoms with Crippen LogP contribution in [0.5, 0.6) is 0 Å². The Labute approximate surface area is 122 Å². The topological polar surface area (TPSA) is 38.3 Å². The minimum atomic E-state index is -0.126. The summed E-state index contributed by atoms with van der Waals surface area (Å²) in [5, 5.41) is 3.25. The normalized spacial score (nSPS) is 11.6. The predicted octanol–water partition coefficient (Wildman–Crippen LogP) is 3.90. The summed E-state index contributed by atoms with van der Waals surface area (Å²) >= 11 is 0. The minimum absolute atomic E-state index is 0.0407. The van der Waals surface area contributed by atoms with Gasteiger partial charge in [-0.3, -0.25) is 4.79 Å². The van der Waals surface area contributed by atoms with Crippen molar-refractivity contribution in [3.63, 3.8) is 0 Å². The van der Waals surface area contributed by atoms with Crippen LogP contribution in [0.2, 0.25) is 0 Å². The third-order valence-corrected chi connectivity index (χ3v) is 3.66. The third kappa shape index (κ3) is 3.99. The summed E-state index contributed by atoms with van der Waals surface area (Å²) in [5.41, 5.74) is 3.66. The first-order chi connectivity index (χ1) is 9.29. The van der Waals surface area contributed by atoms with E-state index in [1.54, 1.807) is 0 Å². The van der Waals surface area contributed by atoms with Crippen LogP contribution in [-0.4, -0.2) is 19.6 Å². The summed E-state index contributed by atoms with van der Waals surface area (Å²) < 4.78 is 5.31. The van der Waals surface area contributed by atoms with Gasteiger partial charge in [0.1, 0.15) is 0 Å². The fourth-order valence-electron chi connectivity index (χ4n) is 2.47. The maximum Gasteiger partial charge on any atom is 0.308 e. The van der Waals surface area contributed by atoms with E-state index in [9.17, 15) is 4.79 Å². The van der Waals surface area contributed by atoms with E-state index >= 15 is 0 Å². The molecule has 0 fully saturated rings. The van der Waals surface area contributed by atoms with Gasteiger partial charge < -0.3 is 10.1 Å². The molecule has 0 bridgehead atoms. The van der Waals surface area contributed by atoms with Crippen molar-refractivity contribution in [2.24, 2.45) is 5.92 Å². The molecule has 3 heteroatoms. The van der Waals surface area contributed by atoms with E-state index < -0.39 is 0 Å². The Morgan fingerprint density at radius 2 is 2.00 bits per heavy atom. The number of aryl methyl sites for hydroxylation is 1. The second-order valence-electron chi connectivity index (χ2n) is 6.20. The van der Waals surface area contributed by atoms with Crippen LogP contribution < -0.4 is 5.32 Å². The molecule has 1 rings (SSSR count). The lowest BCUT2D eigenvalue weighted by Crippen LogP contribution is -2.24. The van der Waals surface area contributed by atoms with E-state index in [0.29, 0.717) is 6.61 Å². The van der Waals surface area contributed by atoms with Crippen LogP contribution >= 0.6 is 0 Å². The number of carbonyl (C=O) groups excluding carboxylic acids is 1. The van der Waals surface area contributed by atoms with Crippen LogP contribution in [0.1, 0.15) is 45.2 Å². The zero-order valence-corrected chi connectivity index (χ0v) is 13.5. The molecule has 0 aliphatic carbocycles. The molecule has 0 saturated carbocycles. The van der Waals surface area contributed by atoms with Gasteiger partial charge in [0.05, 0.1) is 12.5 Å². The molecule has 0 aliphatic rings. The van der Waals surface area contributed by atoms with Gasteiger partial charge >= 0.3 is 5.97 Å². The van der Waals surface area contributed by atoms with Crippen molar-refractivity contribution in [2.75, 3.05) is 19.0 Å². The minimum Gasteiger partial charge on any atom is -0.465 e. The first-order valence-electron chi connectivity index (χ1n) is 7.24. The molecule has 0 amide bonds. The van der Waals surface area contributed by atoms with E-state index in [1.165, 1.54) is 11.1 Å². The van der Waals surface area contributed by atoms with Crippen molar-refractivity contribution in [3.8, 4) is 0 Å². The van der Waals surface area contributed by atoms with E-state index in [0.717, 1.165) is 12.1 Å². The number of carbonyl (C=O) groups is 1. The zero-order chi connectivity index (χ0) is 15.3. The lowest BCUT2D eigenvalue weighted by molar-refractivity contribution is -0.147. The summed E-state index contributed by atoms with van der Waals surface area (Å²) in [6, 6.07) is 6.27. The monoisotopic (exact) mass is 277 g/mol. The molecule has 0 atom stereocenters. The molecule has 0 heterocycles. The molecule has 20 heavy (non-hydrogen) atoms. The lowest BCUT2D eigenvalue weighted by Gasteiger charge is -2.29. The molecule has 0 spiro atoms. The van der Waals surface area contributed by atoms with Gasteiger partial charge in [0.15, 0.2) is 0 Å². The fraction of sp³-hybridized carbons (Fsp3) is 0.588. The molecule has 0 radical (unpaired) electrons. The van der Waals surface area contributed by atoms with E-state index in [4.69, 9.17) is 4.74 Å². The summed E-state index contributed by atoms with van der Waals surface area (Å²) in [6.07, 6.45) is 0.811. The first kappa shape index (κ1) is 16.5. The summed E-state index contributed by atoms with van der Waals surface area (Å²) in [5.74, 6) is -0.191. The van der Waals surface area contributed by atoms with Gasteiger partial charge in [-0.05, 0) is 36.0 Å². The quantitative estimate of drug-likeness (QED) is 0.801. The number of anilines is 1. The Hall–Kier alpha value is -1.51. The molecule has 3 nitrogen and oxygen atoms in total. The highest BCUT2D eigenvalue weighted by Crippen LogP contribution is 2.35. The van der Waals surface area contributed by atoms with Crippen LogP contribution in [0.15, 0.2) is 18.2 Å². The van der Waals surface area contributed by atoms with Crippen molar-refractivity contribution < 1.29 is 9.53 Å². The van der Waals surface area contributed by atoms with Crippen molar-refractivity contribution in [1.29, 1.82) is 0 Å². The smallest absolute Gasteiger partial charge is 0.308 e. The first-order valence-corrected chi connectivity index (χ1v) is 7.24. The summed E-state index contributed by atoms with van der Waals surface area (Å²) in [4.78, 5) is 11.5. The number of rotatable bonds is 6. The van der Waals surface area contributed by atoms with Crippen LogP contribution in [0.25, 0.3) is 0 Å². The summed E-state index contributed by atoms with van der Waals surface area (Å²) in [7, 11) is 1.94. The van der Waals surface area contributed by atoms with E-state index in [-0.39, 0.29) is 17.3 Å². The van der Waals surface area contributed by atoms with Gasteiger partial charge in [-0.15, -0.1) is 0 Å². The molecular weight excluding hydrogens is 250 g/mol. The number of hydrogen-bond acceptors (Lipinski definition) is 3. The number of nitrogens with one attached hydrogen (secondary N) is 1. The Balaban J connectivity index is 2.81. The Kier molecular flexibility index (Phi) is 5.61. The third-order valence-electron chi connectivity index (χ3n) is 3.66. The summed E-state index contributed by atoms with van der Waals surface area (Å²) in [6.45, 7) is 10.7. The molecule has 0 unspecified atom stereocenters. The van der Waals surface area contributed by atoms with Gasteiger partial charge in [0.25, 0.3) is 0 Å². The van der Waals surface area contributed by atoms with Crippen molar-refractivity contribution in [2.45, 2.75) is 46.5 Å². The van der Waals surface area contributed by atoms with Gasteiger partial charge in [-0.2, -0.15) is 0 Å². The van der Waals surface area contributed by atoms with Gasteiger partial charge in [-0.25, -0.2) is 0 Å². The maximum absolute atomic E-state index is 11.5. The number of esters is 1. The Morgan fingerprint density at radius 3 is 2.55 bits per heavy atom. The average molecular weight is 277 g/mol. The van der Waals surface area contributed by atoms with Crippen molar-refractivity contribution in [1.82, 2.24) is 0 Å². The van der Waals surface area contributed by atoms with Crippen LogP contribution in [0.4, 0.5) is 5.69 Å². The van der Waals surface area contributed by atoms with E-state index in [2.05, 4.69) is 44.3 Å². The van der Waals surface area contributed by atoms with Gasteiger partial charge in [0.2, 0.25) is 0 Å². The molecule has 1 aromatic rings. The SMILES string of the molecule is CNc1cccc(C)c1C(C)(C)CCOC(=O)C(C)C. The van der Waals surface area contributed by atoms with Crippen molar-refractivity contribution >= 4 is 11.7 Å². The zero-order valence-electron chi connectivity index (χ0n) is 13.5. The molecule has 1 N–H and O–H groups in total. The van der Waals surface area contributed by atoms with Gasteiger partial charge in [0, 0.05) is 12.7 Å². The fourth-order valence-corrected chi connectivity index (χ4v) is 2.47. The van der Waals surface area contributed by atoms with Crippen LogP contribution in [-0.2, 0) is 14.9 Å². The second kappa shape index (κ2) is 6.78. The van der Waals surface area contributed by atoms with Crippen LogP contribution in [0.3, 0.4) is 0 Å². The maximum atomic E-state index is 11.5. The lowest BCUT2D eigenvalue weighted by atomic mass is 9.78. The van der Waals surface area contributed by atoms with Gasteiger partial charge in [-0.1, -0.05) is 39.8 Å². The van der Waals surface area contributed by atoms with Crippen LogP contribution in [0, 0.1) is 12.8 Å². The Morgan fingerprint density at radius 1 is 1.35 bits per heavy atom. The number of ether oxygens (including phenoxy) is 1. The molecule has 0 aliphatic heterocycles. The molecule has 112 valence electrons. The van der Waals surface area contributed by atoms with E-state index in [1.807, 2.05) is 20.9 Å². The van der Waals surface area contributed by atoms with Crippen molar-refractivity contribution in [3.05, 3.63) is 29.3 Å². The molecule has 0 aromatic heterocycles. The number of hydrogen-bond donors (Lipinski definition) is 1. The average Bonchev–Trinajstić information content (AvgIpc) is 2.37. The second-order valence-corrected chi connectivity index (χ2v) is 6.20. The predicted molar refractivity (Wildman–Crippen MR) is 84.2 cm³/mol. The number of benzene rings is 1. The molecule has 1 aromatic carbocycles. The standard InChI is InChI=1S/C17H27NO2/c1-12(2)16(19)20-11-10-17(4,5)15-13(3)8-7-9-14(15)18-6/h7-9,12,18H,10-11H2,1-6H3. The largest absolute Gasteiger partial charge is 0.465 e. The molecule has 0 saturated heterocycles.